The molecule has 6 nitrogen and oxygen atoms in total. The van der Waals surface area contributed by atoms with Gasteiger partial charge >= 0.3 is 12.4 Å². The van der Waals surface area contributed by atoms with Crippen molar-refractivity contribution in [3.8, 4) is 11.4 Å². The van der Waals surface area contributed by atoms with Gasteiger partial charge in [-0.3, -0.25) is 9.89 Å². The van der Waals surface area contributed by atoms with Gasteiger partial charge in [0.2, 0.25) is 0 Å². The quantitative estimate of drug-likeness (QED) is 0.421. The lowest BCUT2D eigenvalue weighted by Gasteiger charge is -2.32. The largest absolute Gasteiger partial charge is 0.430 e. The fraction of sp³-hybridized carbons (Fsp3) is 0.227. The minimum atomic E-state index is -5.97. The number of pyridine rings is 1. The first kappa shape index (κ1) is 23.5. The molecule has 0 saturated carbocycles. The number of benzene rings is 2. The smallest absolute Gasteiger partial charge is 0.369 e. The Hall–Kier alpha value is -3.67. The molecule has 4 aromatic rings. The number of hydrogen-bond acceptors (Lipinski definition) is 4. The van der Waals surface area contributed by atoms with E-state index in [-0.39, 0.29) is 12.1 Å². The molecule has 34 heavy (non-hydrogen) atoms. The van der Waals surface area contributed by atoms with Gasteiger partial charge in [0.1, 0.15) is 5.82 Å². The number of aryl methyl sites for hydroxylation is 1. The zero-order chi connectivity index (χ0) is 24.9. The average molecular weight is 482 g/mol. The second kappa shape index (κ2) is 7.97. The molecule has 0 aliphatic rings. The number of nitrogens with one attached hydrogen (secondary N) is 1. The lowest BCUT2D eigenvalue weighted by atomic mass is 9.91. The van der Waals surface area contributed by atoms with Crippen LogP contribution in [0.2, 0.25) is 0 Å². The highest BCUT2D eigenvalue weighted by Gasteiger charge is 2.71. The number of H-pyrrole nitrogens is 1. The minimum absolute atomic E-state index is 0.117. The van der Waals surface area contributed by atoms with Crippen molar-refractivity contribution in [1.82, 2.24) is 19.7 Å². The summed E-state index contributed by atoms with van der Waals surface area (Å²) < 4.78 is 79.9. The van der Waals surface area contributed by atoms with E-state index in [0.29, 0.717) is 40.2 Å². The van der Waals surface area contributed by atoms with Crippen molar-refractivity contribution in [2.45, 2.75) is 31.4 Å². The van der Waals surface area contributed by atoms with Crippen molar-refractivity contribution in [2.24, 2.45) is 0 Å². The number of halogens is 6. The average Bonchev–Trinajstić information content (AvgIpc) is 3.20. The van der Waals surface area contributed by atoms with Crippen LogP contribution in [0.15, 0.2) is 59.4 Å². The van der Waals surface area contributed by atoms with Gasteiger partial charge in [-0.25, -0.2) is 4.98 Å². The summed E-state index contributed by atoms with van der Waals surface area (Å²) >= 11 is 0. The van der Waals surface area contributed by atoms with Crippen LogP contribution in [0.3, 0.4) is 0 Å². The molecule has 4 rings (SSSR count). The second-order valence-electron chi connectivity index (χ2n) is 7.67. The lowest BCUT2D eigenvalue weighted by Crippen LogP contribution is -2.53. The molecule has 0 spiro atoms. The molecular weight excluding hydrogens is 466 g/mol. The number of aliphatic hydroxyl groups is 1. The zero-order valence-corrected chi connectivity index (χ0v) is 17.4. The lowest BCUT2D eigenvalue weighted by molar-refractivity contribution is -0.376. The summed E-state index contributed by atoms with van der Waals surface area (Å²) in [5, 5.41) is 16.9. The van der Waals surface area contributed by atoms with Gasteiger partial charge in [0.25, 0.3) is 11.2 Å². The molecule has 0 amide bonds. The third-order valence-electron chi connectivity index (χ3n) is 5.39. The monoisotopic (exact) mass is 482 g/mol. The summed E-state index contributed by atoms with van der Waals surface area (Å²) in [7, 11) is 0. The van der Waals surface area contributed by atoms with Crippen molar-refractivity contribution >= 4 is 10.9 Å². The van der Waals surface area contributed by atoms with Crippen LogP contribution in [0.4, 0.5) is 26.3 Å². The summed E-state index contributed by atoms with van der Waals surface area (Å²) in [6.07, 6.45) is -11.9. The van der Waals surface area contributed by atoms with Crippen LogP contribution in [0, 0.1) is 6.92 Å². The Balaban J connectivity index is 1.70. The van der Waals surface area contributed by atoms with E-state index in [1.54, 1.807) is 31.2 Å². The Labute approximate surface area is 187 Å². The summed E-state index contributed by atoms with van der Waals surface area (Å²) in [5.41, 5.74) is -5.32. The van der Waals surface area contributed by atoms with Crippen LogP contribution in [0.1, 0.15) is 17.0 Å². The Bertz CT molecular complexity index is 1390. The predicted octanol–water partition coefficient (Wildman–Crippen LogP) is 4.46. The maximum absolute atomic E-state index is 13.1. The van der Waals surface area contributed by atoms with E-state index >= 15 is 0 Å². The highest BCUT2D eigenvalue weighted by atomic mass is 19.4. The SMILES string of the molecule is Cc1n[nH]c(-c2ccc3c(ccc(=O)n3Cc3ccc(C(O)(C(F)(F)F)C(F)(F)F)cc3)c2)n1. The van der Waals surface area contributed by atoms with Gasteiger partial charge in [0.05, 0.1) is 12.1 Å². The van der Waals surface area contributed by atoms with Gasteiger partial charge in [0, 0.05) is 17.2 Å². The normalized spacial score (nSPS) is 12.9. The van der Waals surface area contributed by atoms with Gasteiger partial charge in [-0.05, 0) is 42.1 Å². The van der Waals surface area contributed by atoms with Gasteiger partial charge in [-0.1, -0.05) is 24.3 Å². The van der Waals surface area contributed by atoms with Gasteiger partial charge in [-0.2, -0.15) is 31.4 Å². The molecule has 0 unspecified atom stereocenters. The highest BCUT2D eigenvalue weighted by Crippen LogP contribution is 2.49. The molecule has 0 saturated heterocycles. The van der Waals surface area contributed by atoms with Crippen molar-refractivity contribution in [1.29, 1.82) is 0 Å². The number of fused-ring (bicyclic) bond motifs is 1. The number of aromatic amines is 1. The van der Waals surface area contributed by atoms with Crippen molar-refractivity contribution in [3.05, 3.63) is 81.9 Å². The Morgan fingerprint density at radius 1 is 0.941 bits per heavy atom. The van der Waals surface area contributed by atoms with Crippen molar-refractivity contribution in [3.63, 3.8) is 0 Å². The van der Waals surface area contributed by atoms with Crippen LogP contribution < -0.4 is 5.56 Å². The summed E-state index contributed by atoms with van der Waals surface area (Å²) in [4.78, 5) is 16.7. The first-order chi connectivity index (χ1) is 15.8. The van der Waals surface area contributed by atoms with E-state index in [9.17, 15) is 36.2 Å². The van der Waals surface area contributed by atoms with Crippen molar-refractivity contribution < 1.29 is 31.4 Å². The first-order valence-electron chi connectivity index (χ1n) is 9.79. The maximum Gasteiger partial charge on any atom is 0.430 e. The molecule has 0 bridgehead atoms. The van der Waals surface area contributed by atoms with Crippen LogP contribution in [-0.2, 0) is 12.1 Å². The Kier molecular flexibility index (Phi) is 5.51. The number of aromatic nitrogens is 4. The van der Waals surface area contributed by atoms with Crippen LogP contribution in [-0.4, -0.2) is 37.2 Å². The summed E-state index contributed by atoms with van der Waals surface area (Å²) in [6.45, 7) is 1.60. The molecule has 2 aromatic heterocycles. The van der Waals surface area contributed by atoms with Gasteiger partial charge in [-0.15, -0.1) is 0 Å². The third-order valence-corrected chi connectivity index (χ3v) is 5.39. The van der Waals surface area contributed by atoms with E-state index in [2.05, 4.69) is 15.2 Å². The fourth-order valence-corrected chi connectivity index (χ4v) is 3.61. The second-order valence-corrected chi connectivity index (χ2v) is 7.67. The standard InChI is InChI=1S/C22H16F6N4O2/c1-12-29-19(31-30-12)15-4-8-17-14(10-15)5-9-18(33)32(17)11-13-2-6-16(7-3-13)20(34,21(23,24)25)22(26,27)28/h2-10,34H,11H2,1H3,(H,29,30,31). The molecule has 0 radical (unpaired) electrons. The summed E-state index contributed by atoms with van der Waals surface area (Å²) in [6, 6.07) is 11.1. The molecule has 0 atom stereocenters. The maximum atomic E-state index is 13.1. The van der Waals surface area contributed by atoms with E-state index in [1.807, 2.05) is 0 Å². The topological polar surface area (TPSA) is 83.8 Å². The van der Waals surface area contributed by atoms with Gasteiger partial charge in [0.15, 0.2) is 5.82 Å². The zero-order valence-electron chi connectivity index (χ0n) is 17.4. The Morgan fingerprint density at radius 3 is 2.15 bits per heavy atom. The fourth-order valence-electron chi connectivity index (χ4n) is 3.61. The van der Waals surface area contributed by atoms with E-state index < -0.39 is 29.1 Å². The molecule has 12 heteroatoms. The van der Waals surface area contributed by atoms with Gasteiger partial charge < -0.3 is 9.67 Å². The highest BCUT2D eigenvalue weighted by molar-refractivity contribution is 5.83. The third kappa shape index (κ3) is 3.94. The first-order valence-corrected chi connectivity index (χ1v) is 9.79. The van der Waals surface area contributed by atoms with E-state index in [0.717, 1.165) is 12.1 Å². The molecular formula is C22H16F6N4O2. The molecule has 178 valence electrons. The number of nitrogens with zero attached hydrogens (tertiary/aromatic N) is 3. The molecule has 2 heterocycles. The van der Waals surface area contributed by atoms with Crippen LogP contribution >= 0.6 is 0 Å². The molecule has 0 fully saturated rings. The number of alkyl halides is 6. The molecule has 2 N–H and O–H groups in total. The molecule has 0 aliphatic carbocycles. The Morgan fingerprint density at radius 2 is 1.59 bits per heavy atom. The molecule has 2 aromatic carbocycles. The van der Waals surface area contributed by atoms with E-state index in [4.69, 9.17) is 0 Å². The number of hydrogen-bond donors (Lipinski definition) is 2. The van der Waals surface area contributed by atoms with E-state index in [1.165, 1.54) is 10.6 Å². The van der Waals surface area contributed by atoms with Crippen LogP contribution in [0.5, 0.6) is 0 Å². The molecule has 0 aliphatic heterocycles. The van der Waals surface area contributed by atoms with Crippen molar-refractivity contribution in [2.75, 3.05) is 0 Å². The minimum Gasteiger partial charge on any atom is -0.369 e. The predicted molar refractivity (Wildman–Crippen MR) is 110 cm³/mol. The summed E-state index contributed by atoms with van der Waals surface area (Å²) in [5.74, 6) is 1.07. The van der Waals surface area contributed by atoms with Crippen LogP contribution in [0.25, 0.3) is 22.3 Å². The number of rotatable bonds is 4.